The van der Waals surface area contributed by atoms with Crippen molar-refractivity contribution in [2.24, 2.45) is 0 Å². The zero-order chi connectivity index (χ0) is 8.95. The normalized spacial score (nSPS) is 6.91. The van der Waals surface area contributed by atoms with Gasteiger partial charge in [0.05, 0.1) is 0 Å². The maximum atomic E-state index is 7.26. The lowest BCUT2D eigenvalue weighted by Crippen LogP contribution is -1.92. The van der Waals surface area contributed by atoms with Gasteiger partial charge in [-0.25, -0.2) is 0 Å². The van der Waals surface area contributed by atoms with E-state index in [4.69, 9.17) is 15.3 Å². The van der Waals surface area contributed by atoms with E-state index in [-0.39, 0.29) is 0 Å². The molecule has 0 rings (SSSR count). The molecule has 0 amide bonds. The zero-order valence-corrected chi connectivity index (χ0v) is 7.13. The quantitative estimate of drug-likeness (QED) is 0.581. The molecule has 0 spiro atoms. The highest BCUT2D eigenvalue weighted by Crippen LogP contribution is 1.81. The second kappa shape index (κ2) is 16.0. The Morgan fingerprint density at radius 2 is 1.36 bits per heavy atom. The largest absolute Gasteiger partial charge is 0.381 e. The van der Waals surface area contributed by atoms with Gasteiger partial charge in [0.25, 0.3) is 0 Å². The van der Waals surface area contributed by atoms with Gasteiger partial charge in [-0.1, -0.05) is 13.8 Å². The zero-order valence-electron chi connectivity index (χ0n) is 7.13. The average Bonchev–Trinajstić information content (AvgIpc) is 2.06. The van der Waals surface area contributed by atoms with E-state index in [0.717, 1.165) is 26.1 Å². The van der Waals surface area contributed by atoms with Gasteiger partial charge in [-0.15, -0.1) is 0 Å². The highest BCUT2D eigenvalue weighted by molar-refractivity contribution is 4.99. The topological polar surface area (TPSA) is 56.8 Å². The van der Waals surface area contributed by atoms with Gasteiger partial charge < -0.3 is 4.74 Å². The molecular weight excluding hydrogens is 140 g/mol. The van der Waals surface area contributed by atoms with Gasteiger partial charge in [-0.05, 0) is 12.8 Å². The van der Waals surface area contributed by atoms with Crippen LogP contribution in [-0.4, -0.2) is 13.2 Å². The van der Waals surface area contributed by atoms with Crippen molar-refractivity contribution in [3.63, 3.8) is 0 Å². The highest BCUT2D eigenvalue weighted by atomic mass is 16.5. The summed E-state index contributed by atoms with van der Waals surface area (Å²) in [4.78, 5) is 0. The molecule has 62 valence electrons. The monoisotopic (exact) mass is 154 g/mol. The van der Waals surface area contributed by atoms with E-state index in [9.17, 15) is 0 Å². The third-order valence-electron chi connectivity index (χ3n) is 0.747. The molecule has 0 aromatic rings. The minimum absolute atomic E-state index is 0.924. The van der Waals surface area contributed by atoms with Crippen LogP contribution in [0, 0.1) is 22.7 Å². The standard InChI is InChI=1S/C6H14O.C2N2/c1-3-5-7-6-4-2;3-1-2-4/h3-6H2,1-2H3;. The lowest BCUT2D eigenvalue weighted by molar-refractivity contribution is 0.135. The van der Waals surface area contributed by atoms with Crippen LogP contribution < -0.4 is 0 Å². The van der Waals surface area contributed by atoms with Gasteiger partial charge in [0, 0.05) is 13.2 Å². The Kier molecular flexibility index (Phi) is 18.3. The molecule has 0 bridgehead atoms. The van der Waals surface area contributed by atoms with Gasteiger partial charge >= 0.3 is 0 Å². The molecule has 3 nitrogen and oxygen atoms in total. The molecule has 0 atom stereocenters. The Bertz CT molecular complexity index is 116. The molecule has 0 N–H and O–H groups in total. The van der Waals surface area contributed by atoms with Crippen LogP contribution in [0.25, 0.3) is 0 Å². The third kappa shape index (κ3) is 27.7. The van der Waals surface area contributed by atoms with E-state index in [1.165, 1.54) is 12.1 Å². The van der Waals surface area contributed by atoms with E-state index in [1.54, 1.807) is 0 Å². The molecular formula is C8H14N2O. The number of nitriles is 2. The Labute approximate surface area is 68.2 Å². The molecule has 0 saturated heterocycles. The first-order valence-corrected chi connectivity index (χ1v) is 3.69. The van der Waals surface area contributed by atoms with Gasteiger partial charge in [-0.2, -0.15) is 10.5 Å². The van der Waals surface area contributed by atoms with Crippen molar-refractivity contribution in [2.75, 3.05) is 13.2 Å². The van der Waals surface area contributed by atoms with Crippen molar-refractivity contribution in [3.8, 4) is 12.1 Å². The van der Waals surface area contributed by atoms with Crippen molar-refractivity contribution in [2.45, 2.75) is 26.7 Å². The first-order valence-electron chi connectivity index (χ1n) is 3.69. The van der Waals surface area contributed by atoms with E-state index >= 15 is 0 Å². The van der Waals surface area contributed by atoms with Crippen LogP contribution in [-0.2, 0) is 4.74 Å². The minimum Gasteiger partial charge on any atom is -0.381 e. The van der Waals surface area contributed by atoms with Crippen LogP contribution in [0.3, 0.4) is 0 Å². The maximum Gasteiger partial charge on any atom is 0.181 e. The Morgan fingerprint density at radius 1 is 1.00 bits per heavy atom. The molecule has 0 saturated carbocycles. The fourth-order valence-electron chi connectivity index (χ4n) is 0.391. The lowest BCUT2D eigenvalue weighted by Gasteiger charge is -1.95. The van der Waals surface area contributed by atoms with Crippen molar-refractivity contribution < 1.29 is 4.74 Å². The first-order chi connectivity index (χ1) is 5.33. The Balaban J connectivity index is 0. The Hall–Kier alpha value is -1.06. The number of ether oxygens (including phenoxy) is 1. The molecule has 0 aliphatic carbocycles. The predicted octanol–water partition coefficient (Wildman–Crippen LogP) is 1.86. The second-order valence-corrected chi connectivity index (χ2v) is 1.84. The van der Waals surface area contributed by atoms with Crippen LogP contribution in [0.2, 0.25) is 0 Å². The number of hydrogen-bond acceptors (Lipinski definition) is 3. The first kappa shape index (κ1) is 12.6. The third-order valence-corrected chi connectivity index (χ3v) is 0.747. The molecule has 0 aliphatic rings. The number of hydrogen-bond donors (Lipinski definition) is 0. The summed E-state index contributed by atoms with van der Waals surface area (Å²) in [6.45, 7) is 6.09. The molecule has 11 heavy (non-hydrogen) atoms. The molecule has 3 heteroatoms. The van der Waals surface area contributed by atoms with Crippen molar-refractivity contribution in [1.82, 2.24) is 0 Å². The van der Waals surface area contributed by atoms with Gasteiger partial charge in [0.2, 0.25) is 0 Å². The second-order valence-electron chi connectivity index (χ2n) is 1.84. The molecule has 0 aromatic carbocycles. The van der Waals surface area contributed by atoms with Crippen LogP contribution in [0.1, 0.15) is 26.7 Å². The molecule has 0 aromatic heterocycles. The molecule has 0 unspecified atom stereocenters. The van der Waals surface area contributed by atoms with E-state index < -0.39 is 0 Å². The van der Waals surface area contributed by atoms with Gasteiger partial charge in [0.15, 0.2) is 12.1 Å². The fraction of sp³-hybridized carbons (Fsp3) is 0.750. The van der Waals surface area contributed by atoms with E-state index in [0.29, 0.717) is 0 Å². The molecule has 0 radical (unpaired) electrons. The molecule has 0 heterocycles. The summed E-state index contributed by atoms with van der Waals surface area (Å²) in [5.74, 6) is 0. The number of nitrogens with zero attached hydrogens (tertiary/aromatic N) is 2. The summed E-state index contributed by atoms with van der Waals surface area (Å²) in [5, 5.41) is 14.5. The summed E-state index contributed by atoms with van der Waals surface area (Å²) in [5.41, 5.74) is 0. The summed E-state index contributed by atoms with van der Waals surface area (Å²) in [6, 6.07) is 2.47. The van der Waals surface area contributed by atoms with E-state index in [1.807, 2.05) is 0 Å². The van der Waals surface area contributed by atoms with Crippen LogP contribution >= 0.6 is 0 Å². The molecule has 0 fully saturated rings. The predicted molar refractivity (Wildman–Crippen MR) is 42.6 cm³/mol. The maximum absolute atomic E-state index is 7.26. The fourth-order valence-corrected chi connectivity index (χ4v) is 0.391. The van der Waals surface area contributed by atoms with Crippen molar-refractivity contribution in [1.29, 1.82) is 10.5 Å². The number of rotatable bonds is 4. The summed E-state index contributed by atoms with van der Waals surface area (Å²) >= 11 is 0. The van der Waals surface area contributed by atoms with Crippen LogP contribution in [0.4, 0.5) is 0 Å². The SMILES string of the molecule is CCCOCCC.N#CC#N. The van der Waals surface area contributed by atoms with Crippen molar-refractivity contribution >= 4 is 0 Å². The average molecular weight is 154 g/mol. The summed E-state index contributed by atoms with van der Waals surface area (Å²) < 4.78 is 5.13. The lowest BCUT2D eigenvalue weighted by atomic mass is 10.5. The van der Waals surface area contributed by atoms with Crippen LogP contribution in [0.15, 0.2) is 0 Å². The highest BCUT2D eigenvalue weighted by Gasteiger charge is 1.77. The van der Waals surface area contributed by atoms with E-state index in [2.05, 4.69) is 13.8 Å². The summed E-state index contributed by atoms with van der Waals surface area (Å²) in [6.07, 6.45) is 2.28. The van der Waals surface area contributed by atoms with Gasteiger partial charge in [0.1, 0.15) is 0 Å². The smallest absolute Gasteiger partial charge is 0.181 e. The summed E-state index contributed by atoms with van der Waals surface area (Å²) in [7, 11) is 0. The Morgan fingerprint density at radius 3 is 1.55 bits per heavy atom. The van der Waals surface area contributed by atoms with Crippen molar-refractivity contribution in [3.05, 3.63) is 0 Å². The van der Waals surface area contributed by atoms with Gasteiger partial charge in [-0.3, -0.25) is 0 Å². The van der Waals surface area contributed by atoms with Crippen LogP contribution in [0.5, 0.6) is 0 Å². The molecule has 0 aliphatic heterocycles. The minimum atomic E-state index is 0.924.